The number of anilines is 1. The van der Waals surface area contributed by atoms with Crippen LogP contribution in [0.2, 0.25) is 0 Å². The molecule has 0 heterocycles. The molecule has 0 saturated carbocycles. The van der Waals surface area contributed by atoms with Crippen molar-refractivity contribution in [2.75, 3.05) is 11.1 Å². The number of ketones is 1. The van der Waals surface area contributed by atoms with Crippen LogP contribution in [0.5, 0.6) is 0 Å². The zero-order valence-corrected chi connectivity index (χ0v) is 23.3. The summed E-state index contributed by atoms with van der Waals surface area (Å²) >= 11 is 4.67. The molecule has 10 heteroatoms. The Morgan fingerprint density at radius 3 is 2.27 bits per heavy atom. The first-order valence-electron chi connectivity index (χ1n) is 11.9. The van der Waals surface area contributed by atoms with Gasteiger partial charge in [-0.2, -0.15) is 0 Å². The van der Waals surface area contributed by atoms with E-state index in [9.17, 15) is 24.5 Å². The molecule has 0 aliphatic rings. The van der Waals surface area contributed by atoms with Gasteiger partial charge in [0.1, 0.15) is 5.70 Å². The van der Waals surface area contributed by atoms with E-state index in [1.165, 1.54) is 36.0 Å². The Bertz CT molecular complexity index is 1590. The van der Waals surface area contributed by atoms with Crippen molar-refractivity contribution in [1.82, 2.24) is 5.32 Å². The van der Waals surface area contributed by atoms with Crippen LogP contribution in [0.15, 0.2) is 118 Å². The maximum absolute atomic E-state index is 13.3. The minimum Gasteiger partial charge on any atom is -0.321 e. The number of Topliss-reactive ketones (excluding diaryl/α,β-unsaturated/α-hetero) is 1. The second-order valence-electron chi connectivity index (χ2n) is 8.39. The summed E-state index contributed by atoms with van der Waals surface area (Å²) in [5, 5.41) is 16.8. The van der Waals surface area contributed by atoms with E-state index in [2.05, 4.69) is 26.6 Å². The average molecular weight is 616 g/mol. The molecule has 4 rings (SSSR count). The Morgan fingerprint density at radius 1 is 0.850 bits per heavy atom. The molecule has 8 nitrogen and oxygen atoms in total. The molecule has 0 bridgehead atoms. The number of benzene rings is 4. The van der Waals surface area contributed by atoms with Gasteiger partial charge in [0.05, 0.1) is 16.2 Å². The minimum atomic E-state index is -0.671. The molecule has 0 aromatic heterocycles. The zero-order valence-electron chi connectivity index (χ0n) is 20.9. The molecule has 0 saturated heterocycles. The molecule has 0 atom stereocenters. The SMILES string of the molecule is O=C(Nc1cccc(SCC(=O)c2ccc(Br)cc2)c1)/C(=C/c1ccccc1[N+](=O)[O-])NC(=O)c1ccccc1. The summed E-state index contributed by atoms with van der Waals surface area (Å²) < 4.78 is 0.885. The van der Waals surface area contributed by atoms with Crippen molar-refractivity contribution in [3.8, 4) is 0 Å². The Labute approximate surface area is 242 Å². The first-order chi connectivity index (χ1) is 19.3. The molecule has 4 aromatic rings. The third-order valence-electron chi connectivity index (χ3n) is 5.59. The summed E-state index contributed by atoms with van der Waals surface area (Å²) in [6, 6.07) is 28.3. The van der Waals surface area contributed by atoms with Crippen LogP contribution in [0.4, 0.5) is 11.4 Å². The summed E-state index contributed by atoms with van der Waals surface area (Å²) in [6.07, 6.45) is 1.27. The molecule has 0 aliphatic heterocycles. The van der Waals surface area contributed by atoms with Gasteiger partial charge in [0.25, 0.3) is 17.5 Å². The van der Waals surface area contributed by atoms with E-state index in [4.69, 9.17) is 0 Å². The molecule has 0 unspecified atom stereocenters. The van der Waals surface area contributed by atoms with E-state index in [1.807, 2.05) is 6.07 Å². The van der Waals surface area contributed by atoms with Crippen LogP contribution in [0.25, 0.3) is 6.08 Å². The van der Waals surface area contributed by atoms with Crippen molar-refractivity contribution in [2.45, 2.75) is 4.90 Å². The lowest BCUT2D eigenvalue weighted by Crippen LogP contribution is -2.30. The van der Waals surface area contributed by atoms with Gasteiger partial charge in [0.2, 0.25) is 0 Å². The topological polar surface area (TPSA) is 118 Å². The predicted molar refractivity (Wildman–Crippen MR) is 159 cm³/mol. The number of carbonyl (C=O) groups excluding carboxylic acids is 3. The third-order valence-corrected chi connectivity index (χ3v) is 7.11. The first kappa shape index (κ1) is 28.5. The maximum Gasteiger partial charge on any atom is 0.276 e. The first-order valence-corrected chi connectivity index (χ1v) is 13.7. The van der Waals surface area contributed by atoms with E-state index in [-0.39, 0.29) is 28.5 Å². The van der Waals surface area contributed by atoms with Crippen LogP contribution in [0.1, 0.15) is 26.3 Å². The molecule has 0 spiro atoms. The molecule has 2 N–H and O–H groups in total. The molecule has 0 aliphatic carbocycles. The van der Waals surface area contributed by atoms with E-state index >= 15 is 0 Å². The average Bonchev–Trinajstić information content (AvgIpc) is 2.96. The lowest BCUT2D eigenvalue weighted by molar-refractivity contribution is -0.385. The highest BCUT2D eigenvalue weighted by Gasteiger charge is 2.18. The number of amides is 2. The molecule has 0 fully saturated rings. The second kappa shape index (κ2) is 13.5. The number of nitro groups is 1. The van der Waals surface area contributed by atoms with Gasteiger partial charge < -0.3 is 10.6 Å². The standard InChI is InChI=1S/C30H22BrN3O5S/c31-23-15-13-20(14-16-23)28(35)19-40-25-11-6-10-24(18-25)32-30(37)26(33-29(36)21-7-2-1-3-8-21)17-22-9-4-5-12-27(22)34(38)39/h1-18H,19H2,(H,32,37)(H,33,36)/b26-17-. The van der Waals surface area contributed by atoms with Gasteiger partial charge in [-0.15, -0.1) is 11.8 Å². The summed E-state index contributed by atoms with van der Waals surface area (Å²) in [6.45, 7) is 0. The smallest absolute Gasteiger partial charge is 0.276 e. The molecule has 4 aromatic carbocycles. The predicted octanol–water partition coefficient (Wildman–Crippen LogP) is 6.74. The number of nitro benzene ring substituents is 1. The van der Waals surface area contributed by atoms with Gasteiger partial charge in [-0.1, -0.05) is 64.5 Å². The van der Waals surface area contributed by atoms with Gasteiger partial charge in [-0.05, 0) is 54.6 Å². The number of thioether (sulfide) groups is 1. The number of rotatable bonds is 10. The van der Waals surface area contributed by atoms with Crippen LogP contribution in [-0.2, 0) is 4.79 Å². The van der Waals surface area contributed by atoms with Crippen molar-refractivity contribution in [1.29, 1.82) is 0 Å². The van der Waals surface area contributed by atoms with Gasteiger partial charge in [0, 0.05) is 32.2 Å². The molecule has 2 amide bonds. The fraction of sp³-hybridized carbons (Fsp3) is 0.0333. The van der Waals surface area contributed by atoms with Crippen LogP contribution in [0.3, 0.4) is 0 Å². The number of para-hydroxylation sites is 1. The van der Waals surface area contributed by atoms with Gasteiger partial charge in [0.15, 0.2) is 5.78 Å². The molecule has 0 radical (unpaired) electrons. The van der Waals surface area contributed by atoms with Gasteiger partial charge in [-0.25, -0.2) is 0 Å². The Hall–Kier alpha value is -4.54. The van der Waals surface area contributed by atoms with E-state index in [0.29, 0.717) is 16.8 Å². The monoisotopic (exact) mass is 615 g/mol. The molecular formula is C30H22BrN3O5S. The van der Waals surface area contributed by atoms with Crippen molar-refractivity contribution in [3.05, 3.63) is 140 Å². The normalized spacial score (nSPS) is 11.0. The molecular weight excluding hydrogens is 594 g/mol. The third kappa shape index (κ3) is 7.75. The number of nitrogens with zero attached hydrogens (tertiary/aromatic N) is 1. The summed E-state index contributed by atoms with van der Waals surface area (Å²) in [7, 11) is 0. The van der Waals surface area contributed by atoms with E-state index < -0.39 is 16.7 Å². The lowest BCUT2D eigenvalue weighted by Gasteiger charge is -2.12. The van der Waals surface area contributed by atoms with Crippen molar-refractivity contribution >= 4 is 62.7 Å². The number of nitrogens with one attached hydrogen (secondary N) is 2. The highest BCUT2D eigenvalue weighted by molar-refractivity contribution is 9.10. The van der Waals surface area contributed by atoms with Crippen molar-refractivity contribution < 1.29 is 19.3 Å². The van der Waals surface area contributed by atoms with Crippen LogP contribution >= 0.6 is 27.7 Å². The van der Waals surface area contributed by atoms with E-state index in [1.54, 1.807) is 78.9 Å². The number of hydrogen-bond acceptors (Lipinski definition) is 6. The number of hydrogen-bond donors (Lipinski definition) is 2. The zero-order chi connectivity index (χ0) is 28.5. The number of carbonyl (C=O) groups is 3. The lowest BCUT2D eigenvalue weighted by atomic mass is 10.1. The van der Waals surface area contributed by atoms with Crippen LogP contribution in [0, 0.1) is 10.1 Å². The minimum absolute atomic E-state index is 0.0368. The van der Waals surface area contributed by atoms with Gasteiger partial charge >= 0.3 is 0 Å². The summed E-state index contributed by atoms with van der Waals surface area (Å²) in [5.41, 5.74) is 1.11. The van der Waals surface area contributed by atoms with E-state index in [0.717, 1.165) is 9.37 Å². The van der Waals surface area contributed by atoms with Crippen LogP contribution in [-0.4, -0.2) is 28.3 Å². The highest BCUT2D eigenvalue weighted by Crippen LogP contribution is 2.24. The maximum atomic E-state index is 13.3. The second-order valence-corrected chi connectivity index (χ2v) is 10.4. The largest absolute Gasteiger partial charge is 0.321 e. The highest BCUT2D eigenvalue weighted by atomic mass is 79.9. The summed E-state index contributed by atoms with van der Waals surface area (Å²) in [5.74, 6) is -1.05. The van der Waals surface area contributed by atoms with Gasteiger partial charge in [-0.3, -0.25) is 24.5 Å². The Morgan fingerprint density at radius 2 is 1.55 bits per heavy atom. The Balaban J connectivity index is 1.53. The fourth-order valence-electron chi connectivity index (χ4n) is 3.60. The quantitative estimate of drug-likeness (QED) is 0.0670. The number of halogens is 1. The van der Waals surface area contributed by atoms with Crippen molar-refractivity contribution in [3.63, 3.8) is 0 Å². The summed E-state index contributed by atoms with van der Waals surface area (Å²) in [4.78, 5) is 50.4. The Kier molecular flexibility index (Phi) is 9.61. The molecule has 200 valence electrons. The molecule has 40 heavy (non-hydrogen) atoms. The van der Waals surface area contributed by atoms with Crippen molar-refractivity contribution in [2.24, 2.45) is 0 Å². The van der Waals surface area contributed by atoms with Crippen LogP contribution < -0.4 is 10.6 Å². The fourth-order valence-corrected chi connectivity index (χ4v) is 4.72.